The molecule has 6 heteroatoms. The van der Waals surface area contributed by atoms with E-state index in [1.165, 1.54) is 6.07 Å². The second-order valence-electron chi connectivity index (χ2n) is 5.58. The van der Waals surface area contributed by atoms with Crippen molar-refractivity contribution in [3.8, 4) is 0 Å². The standard InChI is InChI=1S/C14H17F2NO3/c1-14(2,3)12(13(19)20)17-11(18)7-8-9(15)5-4-6-10(8)16/h4-6,12H,7H2,1-3H3,(H,17,18)(H,19,20)/t12-/m0/s1. The third-order valence-corrected chi connectivity index (χ3v) is 2.82. The number of carboxylic acid groups (broad SMARTS) is 1. The third-order valence-electron chi connectivity index (χ3n) is 2.82. The Morgan fingerprint density at radius 1 is 1.25 bits per heavy atom. The second-order valence-corrected chi connectivity index (χ2v) is 5.58. The fourth-order valence-corrected chi connectivity index (χ4v) is 1.72. The van der Waals surface area contributed by atoms with Gasteiger partial charge in [0.25, 0.3) is 0 Å². The molecule has 0 heterocycles. The maximum Gasteiger partial charge on any atom is 0.326 e. The normalized spacial score (nSPS) is 12.8. The highest BCUT2D eigenvalue weighted by molar-refractivity contribution is 5.85. The summed E-state index contributed by atoms with van der Waals surface area (Å²) in [5.41, 5.74) is -1.09. The predicted molar refractivity (Wildman–Crippen MR) is 69.1 cm³/mol. The maximum atomic E-state index is 13.4. The van der Waals surface area contributed by atoms with Gasteiger partial charge in [0.05, 0.1) is 6.42 Å². The third kappa shape index (κ3) is 4.01. The van der Waals surface area contributed by atoms with E-state index < -0.39 is 41.4 Å². The first kappa shape index (κ1) is 16.1. The minimum absolute atomic E-state index is 0.372. The van der Waals surface area contributed by atoms with Crippen LogP contribution in [0, 0.1) is 17.0 Å². The van der Waals surface area contributed by atoms with E-state index in [1.807, 2.05) is 0 Å². The number of benzene rings is 1. The monoisotopic (exact) mass is 285 g/mol. The van der Waals surface area contributed by atoms with Gasteiger partial charge in [-0.2, -0.15) is 0 Å². The summed E-state index contributed by atoms with van der Waals surface area (Å²) in [7, 11) is 0. The molecule has 0 aliphatic rings. The number of carbonyl (C=O) groups is 2. The number of hydrogen-bond donors (Lipinski definition) is 2. The molecule has 0 radical (unpaired) electrons. The van der Waals surface area contributed by atoms with Crippen LogP contribution in [0.25, 0.3) is 0 Å². The summed E-state index contributed by atoms with van der Waals surface area (Å²) in [6.07, 6.45) is -0.543. The lowest BCUT2D eigenvalue weighted by Gasteiger charge is -2.27. The van der Waals surface area contributed by atoms with E-state index in [2.05, 4.69) is 5.32 Å². The Labute approximate surface area is 115 Å². The van der Waals surface area contributed by atoms with Crippen molar-refractivity contribution in [1.82, 2.24) is 5.32 Å². The molecule has 0 fully saturated rings. The highest BCUT2D eigenvalue weighted by Crippen LogP contribution is 2.20. The molecule has 0 aliphatic heterocycles. The molecule has 4 nitrogen and oxygen atoms in total. The van der Waals surface area contributed by atoms with Gasteiger partial charge in [-0.25, -0.2) is 13.6 Å². The molecule has 0 aliphatic carbocycles. The van der Waals surface area contributed by atoms with Gasteiger partial charge in [0.15, 0.2) is 0 Å². The van der Waals surface area contributed by atoms with Crippen molar-refractivity contribution in [3.63, 3.8) is 0 Å². The van der Waals surface area contributed by atoms with Crippen LogP contribution in [0.4, 0.5) is 8.78 Å². The van der Waals surface area contributed by atoms with Crippen molar-refractivity contribution >= 4 is 11.9 Å². The Hall–Kier alpha value is -1.98. The highest BCUT2D eigenvalue weighted by atomic mass is 19.1. The van der Waals surface area contributed by atoms with Crippen molar-refractivity contribution in [3.05, 3.63) is 35.4 Å². The van der Waals surface area contributed by atoms with Crippen LogP contribution in [-0.2, 0) is 16.0 Å². The quantitative estimate of drug-likeness (QED) is 0.890. The van der Waals surface area contributed by atoms with Crippen LogP contribution in [0.3, 0.4) is 0 Å². The summed E-state index contributed by atoms with van der Waals surface area (Å²) in [6.45, 7) is 4.95. The van der Waals surface area contributed by atoms with Crippen LogP contribution >= 0.6 is 0 Å². The van der Waals surface area contributed by atoms with Crippen molar-refractivity contribution in [1.29, 1.82) is 0 Å². The minimum Gasteiger partial charge on any atom is -0.480 e. The average Bonchev–Trinajstić information content (AvgIpc) is 2.29. The lowest BCUT2D eigenvalue weighted by molar-refractivity contribution is -0.144. The molecule has 1 atom stereocenters. The zero-order valence-corrected chi connectivity index (χ0v) is 11.5. The fourth-order valence-electron chi connectivity index (χ4n) is 1.72. The van der Waals surface area contributed by atoms with E-state index in [4.69, 9.17) is 5.11 Å². The SMILES string of the molecule is CC(C)(C)[C@@H](NC(=O)Cc1c(F)cccc1F)C(=O)O. The van der Waals surface area contributed by atoms with Gasteiger partial charge in [0.1, 0.15) is 17.7 Å². The lowest BCUT2D eigenvalue weighted by atomic mass is 9.86. The van der Waals surface area contributed by atoms with Gasteiger partial charge in [-0.1, -0.05) is 26.8 Å². The molecule has 0 saturated heterocycles. The van der Waals surface area contributed by atoms with E-state index in [0.29, 0.717) is 0 Å². The van der Waals surface area contributed by atoms with Crippen LogP contribution in [0.2, 0.25) is 0 Å². The Kier molecular flexibility index (Phi) is 4.81. The zero-order chi connectivity index (χ0) is 15.5. The van der Waals surface area contributed by atoms with Crippen LogP contribution in [0.1, 0.15) is 26.3 Å². The first-order chi connectivity index (χ1) is 9.12. The summed E-state index contributed by atoms with van der Waals surface area (Å²) < 4.78 is 26.8. The number of carboxylic acids is 1. The Balaban J connectivity index is 2.84. The molecule has 0 aromatic heterocycles. The molecule has 0 spiro atoms. The summed E-state index contributed by atoms with van der Waals surface area (Å²) in [5, 5.41) is 11.4. The second kappa shape index (κ2) is 5.98. The van der Waals surface area contributed by atoms with E-state index >= 15 is 0 Å². The van der Waals surface area contributed by atoms with Gasteiger partial charge in [0.2, 0.25) is 5.91 Å². The van der Waals surface area contributed by atoms with E-state index in [0.717, 1.165) is 12.1 Å². The lowest BCUT2D eigenvalue weighted by Crippen LogP contribution is -2.49. The summed E-state index contributed by atoms with van der Waals surface area (Å²) in [4.78, 5) is 22.9. The Morgan fingerprint density at radius 2 is 1.75 bits per heavy atom. The van der Waals surface area contributed by atoms with Gasteiger partial charge in [-0.3, -0.25) is 4.79 Å². The molecule has 0 unspecified atom stereocenters. The molecule has 0 saturated carbocycles. The number of hydrogen-bond acceptors (Lipinski definition) is 2. The van der Waals surface area contributed by atoms with Gasteiger partial charge < -0.3 is 10.4 Å². The van der Waals surface area contributed by atoms with Crippen molar-refractivity contribution in [2.75, 3.05) is 0 Å². The van der Waals surface area contributed by atoms with Crippen molar-refractivity contribution in [2.24, 2.45) is 5.41 Å². The van der Waals surface area contributed by atoms with Crippen molar-refractivity contribution in [2.45, 2.75) is 33.2 Å². The van der Waals surface area contributed by atoms with E-state index in [-0.39, 0.29) is 5.56 Å². The maximum absolute atomic E-state index is 13.4. The van der Waals surface area contributed by atoms with Crippen molar-refractivity contribution < 1.29 is 23.5 Å². The van der Waals surface area contributed by atoms with Gasteiger partial charge in [-0.05, 0) is 17.5 Å². The summed E-state index contributed by atoms with van der Waals surface area (Å²) in [5.74, 6) is -3.60. The van der Waals surface area contributed by atoms with Crippen LogP contribution in [0.15, 0.2) is 18.2 Å². The fraction of sp³-hybridized carbons (Fsp3) is 0.429. The van der Waals surface area contributed by atoms with Crippen LogP contribution in [-0.4, -0.2) is 23.0 Å². The topological polar surface area (TPSA) is 66.4 Å². The molecule has 110 valence electrons. The number of amides is 1. The summed E-state index contributed by atoms with van der Waals surface area (Å²) >= 11 is 0. The molecule has 1 amide bonds. The first-order valence-corrected chi connectivity index (χ1v) is 6.08. The number of nitrogens with one attached hydrogen (secondary N) is 1. The number of halogens is 2. The predicted octanol–water partition coefficient (Wildman–Crippen LogP) is 2.12. The van der Waals surface area contributed by atoms with Gasteiger partial charge >= 0.3 is 5.97 Å². The zero-order valence-electron chi connectivity index (χ0n) is 11.5. The molecule has 1 rings (SSSR count). The van der Waals surface area contributed by atoms with Gasteiger partial charge in [-0.15, -0.1) is 0 Å². The smallest absolute Gasteiger partial charge is 0.326 e. The molecule has 2 N–H and O–H groups in total. The first-order valence-electron chi connectivity index (χ1n) is 6.08. The molecular weight excluding hydrogens is 268 g/mol. The minimum atomic E-state index is -1.19. The number of carbonyl (C=O) groups excluding carboxylic acids is 1. The van der Waals surface area contributed by atoms with E-state index in [9.17, 15) is 18.4 Å². The summed E-state index contributed by atoms with van der Waals surface area (Å²) in [6, 6.07) is 2.15. The molecular formula is C14H17F2NO3. The Morgan fingerprint density at radius 3 is 2.15 bits per heavy atom. The van der Waals surface area contributed by atoms with E-state index in [1.54, 1.807) is 20.8 Å². The largest absolute Gasteiger partial charge is 0.480 e. The molecule has 1 aromatic carbocycles. The van der Waals surface area contributed by atoms with Crippen LogP contribution in [0.5, 0.6) is 0 Å². The molecule has 20 heavy (non-hydrogen) atoms. The Bertz CT molecular complexity index is 503. The van der Waals surface area contributed by atoms with Gasteiger partial charge in [0, 0.05) is 5.56 Å². The number of rotatable bonds is 4. The highest BCUT2D eigenvalue weighted by Gasteiger charge is 2.32. The number of aliphatic carboxylic acids is 1. The average molecular weight is 285 g/mol. The molecule has 0 bridgehead atoms. The van der Waals surface area contributed by atoms with Crippen LogP contribution < -0.4 is 5.32 Å². The molecule has 1 aromatic rings.